The predicted octanol–water partition coefficient (Wildman–Crippen LogP) is 4.61. The van der Waals surface area contributed by atoms with Gasteiger partial charge in [-0.25, -0.2) is 0 Å². The summed E-state index contributed by atoms with van der Waals surface area (Å²) in [5, 5.41) is 23.1. The van der Waals surface area contributed by atoms with E-state index in [2.05, 4.69) is 10.1 Å². The number of nitrogens with one attached hydrogen (secondary N) is 1. The summed E-state index contributed by atoms with van der Waals surface area (Å²) in [6.45, 7) is -3.52. The normalized spacial score (nSPS) is 10.8. The molecular formula is C15H12Cl2F2N2O4. The molecule has 2 rings (SSSR count). The predicted molar refractivity (Wildman–Crippen MR) is 89.4 cm³/mol. The molecule has 10 heteroatoms. The van der Waals surface area contributed by atoms with E-state index < -0.39 is 11.5 Å². The largest absolute Gasteiger partial charge is 0.433 e. The first-order valence-electron chi connectivity index (χ1n) is 6.86. The Morgan fingerprint density at radius 1 is 1.28 bits per heavy atom. The number of aliphatic hydroxyl groups excluding tert-OH is 1. The molecule has 25 heavy (non-hydrogen) atoms. The molecule has 2 aromatic carbocycles. The van der Waals surface area contributed by atoms with Crippen molar-refractivity contribution in [1.82, 2.24) is 0 Å². The molecule has 0 aliphatic carbocycles. The second-order valence-corrected chi connectivity index (χ2v) is 5.72. The zero-order valence-corrected chi connectivity index (χ0v) is 14.0. The van der Waals surface area contributed by atoms with Gasteiger partial charge in [0.25, 0.3) is 5.69 Å². The number of nitro benzene ring substituents is 1. The fourth-order valence-electron chi connectivity index (χ4n) is 2.14. The fraction of sp³-hybridized carbons (Fsp3) is 0.200. The maximum atomic E-state index is 12.6. The van der Waals surface area contributed by atoms with Gasteiger partial charge in [-0.3, -0.25) is 10.1 Å². The molecular weight excluding hydrogens is 381 g/mol. The Balaban J connectivity index is 2.34. The van der Waals surface area contributed by atoms with Gasteiger partial charge < -0.3 is 15.2 Å². The highest BCUT2D eigenvalue weighted by Crippen LogP contribution is 2.35. The summed E-state index contributed by atoms with van der Waals surface area (Å²) in [6, 6.07) is 6.64. The number of nitrogens with zero attached hydrogens (tertiary/aromatic N) is 1. The Morgan fingerprint density at radius 2 is 2.00 bits per heavy atom. The Hall–Kier alpha value is -2.16. The lowest BCUT2D eigenvalue weighted by Gasteiger charge is -2.14. The molecule has 0 saturated heterocycles. The fourth-order valence-corrected chi connectivity index (χ4v) is 2.72. The summed E-state index contributed by atoms with van der Waals surface area (Å²) in [5.41, 5.74) is 0.514. The van der Waals surface area contributed by atoms with Crippen LogP contribution in [0.3, 0.4) is 0 Å². The molecule has 0 aromatic heterocycles. The lowest BCUT2D eigenvalue weighted by Crippen LogP contribution is -2.09. The minimum Gasteiger partial charge on any atom is -0.433 e. The third-order valence-corrected chi connectivity index (χ3v) is 3.70. The molecule has 2 N–H and O–H groups in total. The standard InChI is InChI=1S/C15H12Cl2F2N2O4/c16-10-4-9(14(11(17)5-10)25-15(18)19)6-20-12-3-8(7-22)1-2-13(12)21(23)24/h1-5,15,20,22H,6-7H2. The van der Waals surface area contributed by atoms with E-state index in [9.17, 15) is 18.9 Å². The number of ether oxygens (including phenoxy) is 1. The summed E-state index contributed by atoms with van der Waals surface area (Å²) in [4.78, 5) is 10.5. The number of nitro groups is 1. The SMILES string of the molecule is O=[N+]([O-])c1ccc(CO)cc1NCc1cc(Cl)cc(Cl)c1OC(F)F. The second kappa shape index (κ2) is 8.28. The maximum Gasteiger partial charge on any atom is 0.387 e. The lowest BCUT2D eigenvalue weighted by atomic mass is 10.1. The molecule has 0 bridgehead atoms. The summed E-state index contributed by atoms with van der Waals surface area (Å²) in [5.74, 6) is -0.269. The van der Waals surface area contributed by atoms with Crippen LogP contribution in [-0.2, 0) is 13.2 Å². The van der Waals surface area contributed by atoms with Crippen LogP contribution in [0.25, 0.3) is 0 Å². The number of rotatable bonds is 7. The van der Waals surface area contributed by atoms with Crippen LogP contribution in [0.15, 0.2) is 30.3 Å². The molecule has 0 aliphatic rings. The van der Waals surface area contributed by atoms with E-state index in [1.807, 2.05) is 0 Å². The van der Waals surface area contributed by atoms with Crippen LogP contribution in [-0.4, -0.2) is 16.6 Å². The Morgan fingerprint density at radius 3 is 2.60 bits per heavy atom. The highest BCUT2D eigenvalue weighted by atomic mass is 35.5. The molecule has 0 unspecified atom stereocenters. The topological polar surface area (TPSA) is 84.6 Å². The number of aliphatic hydroxyl groups is 1. The Labute approximate surface area is 151 Å². The van der Waals surface area contributed by atoms with Crippen molar-refractivity contribution in [2.24, 2.45) is 0 Å². The highest BCUT2D eigenvalue weighted by Gasteiger charge is 2.18. The smallest absolute Gasteiger partial charge is 0.387 e. The molecule has 0 fully saturated rings. The van der Waals surface area contributed by atoms with Crippen molar-refractivity contribution in [1.29, 1.82) is 0 Å². The minimum atomic E-state index is -3.09. The first-order chi connectivity index (χ1) is 11.8. The van der Waals surface area contributed by atoms with Gasteiger partial charge in [0.1, 0.15) is 11.4 Å². The van der Waals surface area contributed by atoms with Crippen molar-refractivity contribution in [2.75, 3.05) is 5.32 Å². The van der Waals surface area contributed by atoms with Crippen molar-refractivity contribution in [3.8, 4) is 5.75 Å². The third-order valence-electron chi connectivity index (χ3n) is 3.20. The van der Waals surface area contributed by atoms with Crippen LogP contribution < -0.4 is 10.1 Å². The number of alkyl halides is 2. The summed E-state index contributed by atoms with van der Waals surface area (Å²) < 4.78 is 29.5. The van der Waals surface area contributed by atoms with Crippen molar-refractivity contribution < 1.29 is 23.5 Å². The van der Waals surface area contributed by atoms with Gasteiger partial charge in [0.2, 0.25) is 0 Å². The average Bonchev–Trinajstić information content (AvgIpc) is 2.54. The zero-order chi connectivity index (χ0) is 18.6. The number of halogens is 4. The van der Waals surface area contributed by atoms with Gasteiger partial charge in [-0.15, -0.1) is 0 Å². The van der Waals surface area contributed by atoms with E-state index in [4.69, 9.17) is 28.3 Å². The van der Waals surface area contributed by atoms with Gasteiger partial charge in [-0.2, -0.15) is 8.78 Å². The molecule has 0 aliphatic heterocycles. The summed E-state index contributed by atoms with van der Waals surface area (Å²) >= 11 is 11.8. The first kappa shape index (κ1) is 19.2. The van der Waals surface area contributed by atoms with E-state index in [-0.39, 0.29) is 45.9 Å². The van der Waals surface area contributed by atoms with Crippen molar-refractivity contribution in [2.45, 2.75) is 19.8 Å². The third kappa shape index (κ3) is 4.91. The van der Waals surface area contributed by atoms with E-state index in [1.165, 1.54) is 30.3 Å². The van der Waals surface area contributed by atoms with Crippen LogP contribution in [0, 0.1) is 10.1 Å². The molecule has 134 valence electrons. The van der Waals surface area contributed by atoms with Crippen LogP contribution in [0.2, 0.25) is 10.0 Å². The first-order valence-corrected chi connectivity index (χ1v) is 7.62. The van der Waals surface area contributed by atoms with Crippen molar-refractivity contribution in [3.05, 3.63) is 61.6 Å². The van der Waals surface area contributed by atoms with Crippen molar-refractivity contribution in [3.63, 3.8) is 0 Å². The average molecular weight is 393 g/mol. The maximum absolute atomic E-state index is 12.6. The van der Waals surface area contributed by atoms with Gasteiger partial charge in [0.15, 0.2) is 0 Å². The molecule has 0 amide bonds. The van der Waals surface area contributed by atoms with Crippen LogP contribution >= 0.6 is 23.2 Å². The highest BCUT2D eigenvalue weighted by molar-refractivity contribution is 6.35. The van der Waals surface area contributed by atoms with Crippen LogP contribution in [0.4, 0.5) is 20.2 Å². The molecule has 0 spiro atoms. The quantitative estimate of drug-likeness (QED) is 0.530. The molecule has 2 aromatic rings. The van der Waals surface area contributed by atoms with Gasteiger partial charge in [0, 0.05) is 23.2 Å². The molecule has 0 heterocycles. The number of hydrogen-bond acceptors (Lipinski definition) is 5. The number of hydrogen-bond donors (Lipinski definition) is 2. The molecule has 0 saturated carbocycles. The van der Waals surface area contributed by atoms with Crippen LogP contribution in [0.1, 0.15) is 11.1 Å². The monoisotopic (exact) mass is 392 g/mol. The van der Waals surface area contributed by atoms with Gasteiger partial charge >= 0.3 is 6.61 Å². The molecule has 0 radical (unpaired) electrons. The summed E-state index contributed by atoms with van der Waals surface area (Å²) in [7, 11) is 0. The zero-order valence-electron chi connectivity index (χ0n) is 12.5. The lowest BCUT2D eigenvalue weighted by molar-refractivity contribution is -0.384. The van der Waals surface area contributed by atoms with Gasteiger partial charge in [0.05, 0.1) is 16.6 Å². The number of benzene rings is 2. The van der Waals surface area contributed by atoms with Crippen LogP contribution in [0.5, 0.6) is 5.75 Å². The summed E-state index contributed by atoms with van der Waals surface area (Å²) in [6.07, 6.45) is 0. The molecule has 0 atom stereocenters. The molecule has 6 nitrogen and oxygen atoms in total. The van der Waals surface area contributed by atoms with E-state index in [0.717, 1.165) is 0 Å². The minimum absolute atomic E-state index is 0.107. The number of anilines is 1. The van der Waals surface area contributed by atoms with E-state index in [1.54, 1.807) is 0 Å². The van der Waals surface area contributed by atoms with E-state index >= 15 is 0 Å². The Kier molecular flexibility index (Phi) is 6.35. The van der Waals surface area contributed by atoms with E-state index in [0.29, 0.717) is 5.56 Å². The second-order valence-electron chi connectivity index (χ2n) is 4.87. The Bertz CT molecular complexity index is 790. The van der Waals surface area contributed by atoms with Gasteiger partial charge in [-0.1, -0.05) is 23.2 Å². The van der Waals surface area contributed by atoms with Crippen molar-refractivity contribution >= 4 is 34.6 Å². The van der Waals surface area contributed by atoms with Gasteiger partial charge in [-0.05, 0) is 29.8 Å².